The van der Waals surface area contributed by atoms with E-state index in [2.05, 4.69) is 15.6 Å². The van der Waals surface area contributed by atoms with Gasteiger partial charge in [0.05, 0.1) is 6.10 Å². The minimum absolute atomic E-state index is 0.131. The molecule has 1 aromatic heterocycles. The minimum Gasteiger partial charge on any atom is -0.379 e. The van der Waals surface area contributed by atoms with Crippen molar-refractivity contribution in [1.82, 2.24) is 15.6 Å². The van der Waals surface area contributed by atoms with Crippen molar-refractivity contribution < 1.29 is 9.53 Å². The Hall–Kier alpha value is -1.62. The first-order chi connectivity index (χ1) is 9.18. The van der Waals surface area contributed by atoms with Gasteiger partial charge >= 0.3 is 6.03 Å². The second-order valence-corrected chi connectivity index (χ2v) is 4.57. The van der Waals surface area contributed by atoms with E-state index in [0.29, 0.717) is 19.7 Å². The van der Waals surface area contributed by atoms with Gasteiger partial charge in [-0.1, -0.05) is 6.07 Å². The fourth-order valence-electron chi connectivity index (χ4n) is 1.52. The molecule has 2 N–H and O–H groups in total. The summed E-state index contributed by atoms with van der Waals surface area (Å²) >= 11 is 0. The number of amides is 2. The van der Waals surface area contributed by atoms with Gasteiger partial charge < -0.3 is 15.4 Å². The van der Waals surface area contributed by atoms with Crippen LogP contribution >= 0.6 is 0 Å². The van der Waals surface area contributed by atoms with Crippen molar-refractivity contribution in [3.05, 3.63) is 30.1 Å². The molecule has 0 aliphatic carbocycles. The van der Waals surface area contributed by atoms with Gasteiger partial charge in [0.1, 0.15) is 0 Å². The summed E-state index contributed by atoms with van der Waals surface area (Å²) in [5, 5.41) is 5.61. The van der Waals surface area contributed by atoms with E-state index in [1.54, 1.807) is 6.20 Å². The maximum Gasteiger partial charge on any atom is 0.314 e. The van der Waals surface area contributed by atoms with Crippen LogP contribution < -0.4 is 10.6 Å². The third-order valence-corrected chi connectivity index (χ3v) is 2.48. The Balaban J connectivity index is 1.99. The Kier molecular flexibility index (Phi) is 7.58. The number of carbonyl (C=O) groups is 1. The van der Waals surface area contributed by atoms with Crippen molar-refractivity contribution in [1.29, 1.82) is 0 Å². The zero-order chi connectivity index (χ0) is 13.9. The highest BCUT2D eigenvalue weighted by molar-refractivity contribution is 5.73. The average molecular weight is 265 g/mol. The Morgan fingerprint density at radius 3 is 2.84 bits per heavy atom. The maximum atomic E-state index is 11.5. The molecule has 5 nitrogen and oxygen atoms in total. The molecule has 0 saturated carbocycles. The summed E-state index contributed by atoms with van der Waals surface area (Å²) in [6.45, 7) is 5.91. The molecule has 19 heavy (non-hydrogen) atoms. The third kappa shape index (κ3) is 8.15. The van der Waals surface area contributed by atoms with Crippen LogP contribution in [0.15, 0.2) is 24.5 Å². The van der Waals surface area contributed by atoms with Crippen LogP contribution in [0.3, 0.4) is 0 Å². The number of hydrogen-bond acceptors (Lipinski definition) is 3. The van der Waals surface area contributed by atoms with Gasteiger partial charge in [0, 0.05) is 32.1 Å². The number of rotatable bonds is 8. The molecule has 2 amide bonds. The van der Waals surface area contributed by atoms with E-state index in [1.807, 2.05) is 32.2 Å². The molecule has 0 spiro atoms. The highest BCUT2D eigenvalue weighted by Crippen LogP contribution is 1.95. The molecule has 1 rings (SSSR count). The van der Waals surface area contributed by atoms with Gasteiger partial charge in [0.2, 0.25) is 0 Å². The Bertz CT molecular complexity index is 355. The van der Waals surface area contributed by atoms with Crippen molar-refractivity contribution in [2.75, 3.05) is 19.7 Å². The van der Waals surface area contributed by atoms with Gasteiger partial charge in [-0.25, -0.2) is 4.79 Å². The fourth-order valence-corrected chi connectivity index (χ4v) is 1.52. The lowest BCUT2D eigenvalue weighted by atomic mass is 10.2. The molecule has 1 heterocycles. The third-order valence-electron chi connectivity index (χ3n) is 2.48. The van der Waals surface area contributed by atoms with Gasteiger partial charge in [0.25, 0.3) is 0 Å². The van der Waals surface area contributed by atoms with E-state index in [4.69, 9.17) is 4.74 Å². The summed E-state index contributed by atoms with van der Waals surface area (Å²) in [6.07, 6.45) is 5.41. The van der Waals surface area contributed by atoms with E-state index in [1.165, 1.54) is 0 Å². The molecule has 0 aliphatic rings. The number of nitrogens with zero attached hydrogens (tertiary/aromatic N) is 1. The predicted molar refractivity (Wildman–Crippen MR) is 75.0 cm³/mol. The van der Waals surface area contributed by atoms with E-state index in [0.717, 1.165) is 18.4 Å². The molecule has 0 fully saturated rings. The molecule has 5 heteroatoms. The first-order valence-corrected chi connectivity index (χ1v) is 6.70. The lowest BCUT2D eigenvalue weighted by molar-refractivity contribution is 0.0774. The van der Waals surface area contributed by atoms with Crippen LogP contribution in [0.25, 0.3) is 0 Å². The zero-order valence-electron chi connectivity index (χ0n) is 11.7. The number of urea groups is 1. The van der Waals surface area contributed by atoms with Crippen LogP contribution in [0.1, 0.15) is 25.8 Å². The molecule has 0 saturated heterocycles. The largest absolute Gasteiger partial charge is 0.379 e. The molecule has 106 valence electrons. The van der Waals surface area contributed by atoms with Crippen LogP contribution in [-0.4, -0.2) is 36.8 Å². The van der Waals surface area contributed by atoms with E-state index >= 15 is 0 Å². The van der Waals surface area contributed by atoms with Crippen LogP contribution in [-0.2, 0) is 11.2 Å². The van der Waals surface area contributed by atoms with Crippen LogP contribution in [0.2, 0.25) is 0 Å². The first-order valence-electron chi connectivity index (χ1n) is 6.70. The molecule has 0 aliphatic heterocycles. The second-order valence-electron chi connectivity index (χ2n) is 4.57. The SMILES string of the molecule is CC(C)OCCCNC(=O)NCCc1cccnc1. The molecule has 1 aromatic rings. The van der Waals surface area contributed by atoms with Gasteiger partial charge in [0.15, 0.2) is 0 Å². The summed E-state index contributed by atoms with van der Waals surface area (Å²) in [5.74, 6) is 0. The minimum atomic E-state index is -0.131. The normalized spacial score (nSPS) is 10.5. The van der Waals surface area contributed by atoms with E-state index in [-0.39, 0.29) is 12.1 Å². The number of ether oxygens (including phenoxy) is 1. The first kappa shape index (κ1) is 15.4. The Morgan fingerprint density at radius 2 is 2.16 bits per heavy atom. The monoisotopic (exact) mass is 265 g/mol. The lowest BCUT2D eigenvalue weighted by Crippen LogP contribution is -2.37. The molecular formula is C14H23N3O2. The Labute approximate surface area is 114 Å². The van der Waals surface area contributed by atoms with Gasteiger partial charge in [-0.3, -0.25) is 4.98 Å². The second kappa shape index (κ2) is 9.33. The summed E-state index contributed by atoms with van der Waals surface area (Å²) in [5.41, 5.74) is 1.12. The van der Waals surface area contributed by atoms with Crippen molar-refractivity contribution >= 4 is 6.03 Å². The zero-order valence-corrected chi connectivity index (χ0v) is 11.7. The van der Waals surface area contributed by atoms with Crippen molar-refractivity contribution in [3.63, 3.8) is 0 Å². The summed E-state index contributed by atoms with van der Waals surface area (Å²) in [7, 11) is 0. The fraction of sp³-hybridized carbons (Fsp3) is 0.571. The number of carbonyl (C=O) groups excluding carboxylic acids is 1. The van der Waals surface area contributed by atoms with Crippen LogP contribution in [0.5, 0.6) is 0 Å². The van der Waals surface area contributed by atoms with Gasteiger partial charge in [-0.15, -0.1) is 0 Å². The summed E-state index contributed by atoms with van der Waals surface area (Å²) < 4.78 is 5.38. The summed E-state index contributed by atoms with van der Waals surface area (Å²) in [6, 6.07) is 3.76. The average Bonchev–Trinajstić information content (AvgIpc) is 2.39. The molecule has 0 aromatic carbocycles. The number of nitrogens with one attached hydrogen (secondary N) is 2. The molecule has 0 radical (unpaired) electrons. The predicted octanol–water partition coefficient (Wildman–Crippen LogP) is 1.74. The van der Waals surface area contributed by atoms with Gasteiger partial charge in [-0.05, 0) is 38.3 Å². The lowest BCUT2D eigenvalue weighted by Gasteiger charge is -2.09. The van der Waals surface area contributed by atoms with E-state index in [9.17, 15) is 4.79 Å². The Morgan fingerprint density at radius 1 is 1.37 bits per heavy atom. The van der Waals surface area contributed by atoms with Crippen molar-refractivity contribution in [2.24, 2.45) is 0 Å². The molecular weight excluding hydrogens is 242 g/mol. The molecule has 0 bridgehead atoms. The number of aromatic nitrogens is 1. The number of pyridine rings is 1. The van der Waals surface area contributed by atoms with Crippen LogP contribution in [0.4, 0.5) is 4.79 Å². The van der Waals surface area contributed by atoms with Crippen molar-refractivity contribution in [3.8, 4) is 0 Å². The topological polar surface area (TPSA) is 63.2 Å². The smallest absolute Gasteiger partial charge is 0.314 e. The van der Waals surface area contributed by atoms with E-state index < -0.39 is 0 Å². The number of hydrogen-bond donors (Lipinski definition) is 2. The van der Waals surface area contributed by atoms with Gasteiger partial charge in [-0.2, -0.15) is 0 Å². The highest BCUT2D eigenvalue weighted by atomic mass is 16.5. The molecule has 0 atom stereocenters. The summed E-state index contributed by atoms with van der Waals surface area (Å²) in [4.78, 5) is 15.5. The highest BCUT2D eigenvalue weighted by Gasteiger charge is 1.99. The maximum absolute atomic E-state index is 11.5. The quantitative estimate of drug-likeness (QED) is 0.704. The van der Waals surface area contributed by atoms with Crippen LogP contribution in [0, 0.1) is 0 Å². The molecule has 0 unspecified atom stereocenters. The standard InChI is InChI=1S/C14H23N3O2/c1-12(2)19-10-4-8-16-14(18)17-9-6-13-5-3-7-15-11-13/h3,5,7,11-12H,4,6,8-10H2,1-2H3,(H2,16,17,18). The van der Waals surface area contributed by atoms with Crippen molar-refractivity contribution in [2.45, 2.75) is 32.8 Å².